The molecule has 96 valence electrons. The van der Waals surface area contributed by atoms with Crippen molar-refractivity contribution in [2.75, 3.05) is 7.11 Å². The maximum atomic E-state index is 6.35. The van der Waals surface area contributed by atoms with E-state index in [0.717, 1.165) is 25.8 Å². The highest BCUT2D eigenvalue weighted by atomic mass is 16.5. The Morgan fingerprint density at radius 2 is 2.24 bits per heavy atom. The van der Waals surface area contributed by atoms with Gasteiger partial charge in [-0.15, -0.1) is 0 Å². The number of rotatable bonds is 5. The van der Waals surface area contributed by atoms with Crippen LogP contribution in [0.2, 0.25) is 0 Å². The summed E-state index contributed by atoms with van der Waals surface area (Å²) in [6, 6.07) is 0.0736. The summed E-state index contributed by atoms with van der Waals surface area (Å²) >= 11 is 0. The number of aromatic nitrogens is 2. The Bertz CT molecular complexity index is 355. The smallest absolute Gasteiger partial charge is 0.0832 e. The maximum Gasteiger partial charge on any atom is 0.0832 e. The molecule has 17 heavy (non-hydrogen) atoms. The topological polar surface area (TPSA) is 53.1 Å². The van der Waals surface area contributed by atoms with Crippen molar-refractivity contribution in [2.24, 2.45) is 5.73 Å². The molecule has 0 bridgehead atoms. The van der Waals surface area contributed by atoms with Gasteiger partial charge in [0.05, 0.1) is 11.8 Å². The van der Waals surface area contributed by atoms with Crippen LogP contribution in [0.25, 0.3) is 0 Å². The van der Waals surface area contributed by atoms with E-state index in [1.807, 2.05) is 10.9 Å². The van der Waals surface area contributed by atoms with Gasteiger partial charge < -0.3 is 10.5 Å². The normalized spacial score (nSPS) is 20.6. The molecular formula is C13H23N3O. The van der Waals surface area contributed by atoms with Gasteiger partial charge in [-0.3, -0.25) is 4.68 Å². The molecule has 0 aliphatic heterocycles. The first-order chi connectivity index (χ1) is 8.20. The average molecular weight is 237 g/mol. The molecule has 1 heterocycles. The largest absolute Gasteiger partial charge is 0.377 e. The predicted octanol–water partition coefficient (Wildman–Crippen LogP) is 1.73. The zero-order valence-electron chi connectivity index (χ0n) is 10.9. The van der Waals surface area contributed by atoms with Crippen LogP contribution in [-0.4, -0.2) is 28.5 Å². The zero-order valence-corrected chi connectivity index (χ0v) is 10.9. The van der Waals surface area contributed by atoms with Crippen molar-refractivity contribution >= 4 is 0 Å². The maximum absolute atomic E-state index is 6.35. The Morgan fingerprint density at radius 1 is 1.53 bits per heavy atom. The quantitative estimate of drug-likeness (QED) is 0.848. The number of ether oxygens (including phenoxy) is 1. The molecule has 4 heteroatoms. The highest BCUT2D eigenvalue weighted by Crippen LogP contribution is 2.35. The van der Waals surface area contributed by atoms with Crippen LogP contribution in [0.15, 0.2) is 12.4 Å². The van der Waals surface area contributed by atoms with Gasteiger partial charge in [-0.05, 0) is 31.7 Å². The van der Waals surface area contributed by atoms with E-state index < -0.39 is 0 Å². The molecule has 2 N–H and O–H groups in total. The van der Waals surface area contributed by atoms with Crippen molar-refractivity contribution in [3.63, 3.8) is 0 Å². The summed E-state index contributed by atoms with van der Waals surface area (Å²) in [7, 11) is 1.79. The van der Waals surface area contributed by atoms with E-state index in [1.54, 1.807) is 7.11 Å². The number of hydrogen-bond donors (Lipinski definition) is 1. The molecule has 1 atom stereocenters. The molecule has 1 aromatic rings. The molecule has 1 aliphatic carbocycles. The van der Waals surface area contributed by atoms with Crippen molar-refractivity contribution in [1.82, 2.24) is 9.78 Å². The Balaban J connectivity index is 2.02. The number of nitrogens with zero attached hydrogens (tertiary/aromatic N) is 2. The number of methoxy groups -OCH3 is 1. The number of nitrogens with two attached hydrogens (primary N) is 1. The molecule has 0 aromatic carbocycles. The van der Waals surface area contributed by atoms with Crippen molar-refractivity contribution in [3.05, 3.63) is 18.0 Å². The summed E-state index contributed by atoms with van der Waals surface area (Å²) in [4.78, 5) is 0. The van der Waals surface area contributed by atoms with E-state index in [9.17, 15) is 0 Å². The Kier molecular flexibility index (Phi) is 3.84. The van der Waals surface area contributed by atoms with Gasteiger partial charge in [-0.25, -0.2) is 0 Å². The number of aryl methyl sites for hydroxylation is 1. The van der Waals surface area contributed by atoms with Gasteiger partial charge in [-0.1, -0.05) is 12.8 Å². The van der Waals surface area contributed by atoms with Gasteiger partial charge in [-0.2, -0.15) is 5.10 Å². The van der Waals surface area contributed by atoms with E-state index in [-0.39, 0.29) is 11.6 Å². The van der Waals surface area contributed by atoms with Gasteiger partial charge in [0.25, 0.3) is 0 Å². The highest BCUT2D eigenvalue weighted by Gasteiger charge is 2.39. The lowest BCUT2D eigenvalue weighted by Gasteiger charge is -2.33. The summed E-state index contributed by atoms with van der Waals surface area (Å²) in [5, 5.41) is 4.28. The highest BCUT2D eigenvalue weighted by molar-refractivity contribution is 5.10. The fourth-order valence-electron chi connectivity index (χ4n) is 2.82. The van der Waals surface area contributed by atoms with Crippen LogP contribution < -0.4 is 5.73 Å². The third-order valence-electron chi connectivity index (χ3n) is 4.00. The fourth-order valence-corrected chi connectivity index (χ4v) is 2.82. The van der Waals surface area contributed by atoms with Crippen LogP contribution >= 0.6 is 0 Å². The van der Waals surface area contributed by atoms with E-state index in [4.69, 9.17) is 10.5 Å². The van der Waals surface area contributed by atoms with Gasteiger partial charge >= 0.3 is 0 Å². The van der Waals surface area contributed by atoms with Crippen LogP contribution in [-0.2, 0) is 17.7 Å². The summed E-state index contributed by atoms with van der Waals surface area (Å²) in [5.41, 5.74) is 7.45. The molecular weight excluding hydrogens is 214 g/mol. The van der Waals surface area contributed by atoms with Crippen LogP contribution in [0, 0.1) is 0 Å². The summed E-state index contributed by atoms with van der Waals surface area (Å²) in [6.45, 7) is 3.00. The van der Waals surface area contributed by atoms with E-state index >= 15 is 0 Å². The molecule has 1 aromatic heterocycles. The van der Waals surface area contributed by atoms with Gasteiger partial charge in [0, 0.05) is 25.9 Å². The minimum absolute atomic E-state index is 0.0736. The summed E-state index contributed by atoms with van der Waals surface area (Å²) in [5.74, 6) is 0. The van der Waals surface area contributed by atoms with Crippen molar-refractivity contribution in [2.45, 2.75) is 57.2 Å². The molecule has 4 nitrogen and oxygen atoms in total. The molecule has 0 spiro atoms. The number of hydrogen-bond acceptors (Lipinski definition) is 3. The zero-order chi connectivity index (χ0) is 12.3. The second-order valence-electron chi connectivity index (χ2n) is 4.99. The summed E-state index contributed by atoms with van der Waals surface area (Å²) < 4.78 is 7.65. The lowest BCUT2D eigenvalue weighted by molar-refractivity contribution is -0.0253. The Morgan fingerprint density at radius 3 is 2.76 bits per heavy atom. The Labute approximate surface area is 103 Å². The lowest BCUT2D eigenvalue weighted by Crippen LogP contribution is -2.48. The first kappa shape index (κ1) is 12.6. The third-order valence-corrected chi connectivity index (χ3v) is 4.00. The SMILES string of the molecule is CCn1cc(CC(N)C2(OC)CCCC2)cn1. The van der Waals surface area contributed by atoms with Crippen LogP contribution in [0.5, 0.6) is 0 Å². The first-order valence-electron chi connectivity index (χ1n) is 6.52. The van der Waals surface area contributed by atoms with Crippen LogP contribution in [0.3, 0.4) is 0 Å². The van der Waals surface area contributed by atoms with Crippen molar-refractivity contribution < 1.29 is 4.74 Å². The van der Waals surface area contributed by atoms with E-state index in [2.05, 4.69) is 18.2 Å². The molecule has 0 amide bonds. The van der Waals surface area contributed by atoms with E-state index in [0.29, 0.717) is 0 Å². The average Bonchev–Trinajstić information content (AvgIpc) is 2.97. The minimum atomic E-state index is -0.103. The van der Waals surface area contributed by atoms with Crippen molar-refractivity contribution in [1.29, 1.82) is 0 Å². The lowest BCUT2D eigenvalue weighted by atomic mass is 9.89. The predicted molar refractivity (Wildman–Crippen MR) is 67.8 cm³/mol. The van der Waals surface area contributed by atoms with Crippen molar-refractivity contribution in [3.8, 4) is 0 Å². The monoisotopic (exact) mass is 237 g/mol. The van der Waals surface area contributed by atoms with Gasteiger partial charge in [0.1, 0.15) is 0 Å². The second kappa shape index (κ2) is 5.19. The minimum Gasteiger partial charge on any atom is -0.377 e. The first-order valence-corrected chi connectivity index (χ1v) is 6.52. The third kappa shape index (κ3) is 2.53. The molecule has 2 rings (SSSR count). The molecule has 1 unspecified atom stereocenters. The van der Waals surface area contributed by atoms with Gasteiger partial charge in [0.15, 0.2) is 0 Å². The Hall–Kier alpha value is -0.870. The molecule has 1 fully saturated rings. The fraction of sp³-hybridized carbons (Fsp3) is 0.769. The molecule has 1 saturated carbocycles. The standard InChI is InChI=1S/C13H23N3O/c1-3-16-10-11(9-15-16)8-12(14)13(17-2)6-4-5-7-13/h9-10,12H,3-8,14H2,1-2H3. The molecule has 0 saturated heterocycles. The molecule has 1 aliphatic rings. The molecule has 0 radical (unpaired) electrons. The second-order valence-corrected chi connectivity index (χ2v) is 4.99. The van der Waals surface area contributed by atoms with Crippen LogP contribution in [0.4, 0.5) is 0 Å². The van der Waals surface area contributed by atoms with Crippen LogP contribution in [0.1, 0.15) is 38.2 Å². The van der Waals surface area contributed by atoms with Gasteiger partial charge in [0.2, 0.25) is 0 Å². The summed E-state index contributed by atoms with van der Waals surface area (Å²) in [6.07, 6.45) is 9.50. The van der Waals surface area contributed by atoms with E-state index in [1.165, 1.54) is 18.4 Å².